The van der Waals surface area contributed by atoms with E-state index in [9.17, 15) is 0 Å². The number of hydrogen-bond acceptors (Lipinski definition) is 3. The van der Waals surface area contributed by atoms with Crippen LogP contribution in [0.1, 0.15) is 200 Å². The number of hydrogen-bond donors (Lipinski definition) is 0. The molecule has 4 aliphatic rings. The molecule has 0 saturated heterocycles. The van der Waals surface area contributed by atoms with Crippen LogP contribution in [0.5, 0.6) is 0 Å². The third-order valence-electron chi connectivity index (χ3n) is 12.5. The van der Waals surface area contributed by atoms with Crippen LogP contribution in [0.2, 0.25) is 5.02 Å². The molecule has 0 aliphatic heterocycles. The fraction of sp³-hybridized carbons (Fsp3) is 0.578. The van der Waals surface area contributed by atoms with Gasteiger partial charge in [0.15, 0.2) is 0 Å². The number of aromatic nitrogens is 1. The average molecular weight is 834 g/mol. The first-order valence-electron chi connectivity index (χ1n) is 20.1. The molecule has 0 spiro atoms. The summed E-state index contributed by atoms with van der Waals surface area (Å²) in [6, 6.07) is 18.1. The van der Waals surface area contributed by atoms with Crippen LogP contribution in [0, 0.1) is 0 Å². The summed E-state index contributed by atoms with van der Waals surface area (Å²) in [5, 5.41) is 0.699. The molecule has 3 nitrogen and oxygen atoms in total. The van der Waals surface area contributed by atoms with Gasteiger partial charge in [-0.25, -0.2) is 4.98 Å². The van der Waals surface area contributed by atoms with Gasteiger partial charge >= 0.3 is 0 Å². The molecule has 0 unspecified atom stereocenters. The second-order valence-corrected chi connectivity index (χ2v) is 16.3. The fourth-order valence-corrected chi connectivity index (χ4v) is 9.91. The number of para-hydroxylation sites is 2. The normalized spacial score (nSPS) is 19.7. The van der Waals surface area contributed by atoms with E-state index in [4.69, 9.17) is 26.6 Å². The Morgan fingerprint density at radius 3 is 1.02 bits per heavy atom. The third kappa shape index (κ3) is 11.4. The Morgan fingerprint density at radius 1 is 0.491 bits per heavy atom. The molecule has 7 rings (SSSR count). The molecule has 4 saturated carbocycles. The molecule has 1 radical (unpaired) electrons. The Labute approximate surface area is 356 Å². The van der Waals surface area contributed by atoms with Crippen molar-refractivity contribution in [2.24, 2.45) is 9.98 Å². The number of benzene rings is 2. The number of aliphatic imine (C=N–C) groups is 2. The van der Waals surface area contributed by atoms with Gasteiger partial charge in [0.2, 0.25) is 0 Å². The number of pyridine rings is 1. The minimum atomic E-state index is 0. The molecule has 0 amide bonds. The van der Waals surface area contributed by atoms with Gasteiger partial charge in [-0.15, -0.1) is 0 Å². The SMILES string of the molecule is CC(=Nc1c(C2CCCCC2)cccc1C1CCCCC1)c1cc(Cl)cc(C(C)=Nc2c(C3CCCCC3)cccc2C2CCCCC2)n1.[Cl-].[Cl-].[Cl-].[V]. The summed E-state index contributed by atoms with van der Waals surface area (Å²) in [5.74, 6) is 2.40. The van der Waals surface area contributed by atoms with Crippen molar-refractivity contribution in [3.63, 3.8) is 0 Å². The van der Waals surface area contributed by atoms with Crippen molar-refractivity contribution in [1.82, 2.24) is 4.98 Å². The molecule has 4 fully saturated rings. The Kier molecular flexibility index (Phi) is 19.5. The maximum Gasteiger partial charge on any atom is 0.0864 e. The summed E-state index contributed by atoms with van der Waals surface area (Å²) < 4.78 is 0. The van der Waals surface area contributed by atoms with Gasteiger partial charge in [0.05, 0.1) is 34.2 Å². The molecular formula is C45H58Cl4N3V-3. The van der Waals surface area contributed by atoms with Gasteiger partial charge in [-0.2, -0.15) is 0 Å². The van der Waals surface area contributed by atoms with E-state index >= 15 is 0 Å². The predicted octanol–water partition coefficient (Wildman–Crippen LogP) is 5.22. The Bertz CT molecular complexity index is 1460. The van der Waals surface area contributed by atoms with E-state index in [2.05, 4.69) is 50.2 Å². The van der Waals surface area contributed by atoms with Crippen LogP contribution in [0.25, 0.3) is 0 Å². The van der Waals surface area contributed by atoms with E-state index in [1.165, 1.54) is 162 Å². The molecule has 1 heterocycles. The summed E-state index contributed by atoms with van der Waals surface area (Å²) in [6.07, 6.45) is 26.2. The fourth-order valence-electron chi connectivity index (χ4n) is 9.71. The molecule has 0 N–H and O–H groups in total. The van der Waals surface area contributed by atoms with Crippen molar-refractivity contribution >= 4 is 34.4 Å². The molecule has 53 heavy (non-hydrogen) atoms. The van der Waals surface area contributed by atoms with E-state index in [0.29, 0.717) is 28.7 Å². The van der Waals surface area contributed by atoms with E-state index in [-0.39, 0.29) is 55.8 Å². The van der Waals surface area contributed by atoms with Crippen LogP contribution in [-0.4, -0.2) is 16.4 Å². The summed E-state index contributed by atoms with van der Waals surface area (Å²) in [4.78, 5) is 16.3. The van der Waals surface area contributed by atoms with E-state index in [1.807, 2.05) is 12.1 Å². The number of halogens is 4. The maximum atomic E-state index is 6.91. The van der Waals surface area contributed by atoms with Crippen molar-refractivity contribution in [2.45, 2.75) is 166 Å². The Balaban J connectivity index is 0.00000189. The second kappa shape index (κ2) is 22.4. The van der Waals surface area contributed by atoms with Crippen LogP contribution < -0.4 is 37.2 Å². The first-order chi connectivity index (χ1) is 24.0. The van der Waals surface area contributed by atoms with Crippen LogP contribution >= 0.6 is 11.6 Å². The largest absolute Gasteiger partial charge is 1.00 e. The van der Waals surface area contributed by atoms with Gasteiger partial charge in [-0.05, 0) is 123 Å². The van der Waals surface area contributed by atoms with Gasteiger partial charge in [-0.1, -0.05) is 125 Å². The van der Waals surface area contributed by atoms with Crippen LogP contribution in [0.3, 0.4) is 0 Å². The van der Waals surface area contributed by atoms with Gasteiger partial charge < -0.3 is 37.2 Å². The van der Waals surface area contributed by atoms with Crippen molar-refractivity contribution in [3.05, 3.63) is 87.2 Å². The summed E-state index contributed by atoms with van der Waals surface area (Å²) >= 11 is 6.91. The second-order valence-electron chi connectivity index (χ2n) is 15.9. The average Bonchev–Trinajstić information content (AvgIpc) is 3.16. The zero-order valence-corrected chi connectivity index (χ0v) is 36.3. The number of nitrogens with zero attached hydrogens (tertiary/aromatic N) is 3. The number of rotatable bonds is 8. The zero-order chi connectivity index (χ0) is 33.6. The predicted molar refractivity (Wildman–Crippen MR) is 209 cm³/mol. The molecular weight excluding hydrogens is 775 g/mol. The van der Waals surface area contributed by atoms with E-state index in [0.717, 1.165) is 22.8 Å². The summed E-state index contributed by atoms with van der Waals surface area (Å²) in [7, 11) is 0. The van der Waals surface area contributed by atoms with E-state index in [1.54, 1.807) is 0 Å². The quantitative estimate of drug-likeness (QED) is 0.288. The topological polar surface area (TPSA) is 37.6 Å². The summed E-state index contributed by atoms with van der Waals surface area (Å²) in [5.41, 5.74) is 11.9. The summed E-state index contributed by atoms with van der Waals surface area (Å²) in [6.45, 7) is 4.27. The van der Waals surface area contributed by atoms with Crippen LogP contribution in [0.15, 0.2) is 58.5 Å². The molecule has 0 bridgehead atoms. The monoisotopic (exact) mass is 831 g/mol. The first kappa shape index (κ1) is 46.1. The minimum Gasteiger partial charge on any atom is -1.00 e. The maximum absolute atomic E-state index is 6.91. The standard InChI is InChI=1S/C45H58ClN3.3ClH.V/c1-31(47-44-38(33-17-7-3-8-18-33)25-15-26-39(44)34-19-9-4-10-20-34)42-29-37(46)30-43(49-42)32(2)48-45-40(35-21-11-5-12-22-35)27-16-28-41(45)36-23-13-6-14-24-36;;;;/h15-16,25-30,33-36H,3-14,17-24H2,1-2H3;3*1H;/p-3. The van der Waals surface area contributed by atoms with Crippen molar-refractivity contribution in [2.75, 3.05) is 0 Å². The third-order valence-corrected chi connectivity index (χ3v) is 12.7. The van der Waals surface area contributed by atoms with Gasteiger partial charge in [0.25, 0.3) is 0 Å². The van der Waals surface area contributed by atoms with Crippen molar-refractivity contribution in [3.8, 4) is 0 Å². The molecule has 4 aliphatic carbocycles. The molecule has 2 aromatic carbocycles. The molecule has 0 atom stereocenters. The van der Waals surface area contributed by atoms with Crippen molar-refractivity contribution in [1.29, 1.82) is 0 Å². The molecule has 3 aromatic rings. The van der Waals surface area contributed by atoms with Crippen molar-refractivity contribution < 1.29 is 55.8 Å². The Morgan fingerprint density at radius 2 is 0.755 bits per heavy atom. The van der Waals surface area contributed by atoms with Gasteiger partial charge in [0, 0.05) is 23.6 Å². The van der Waals surface area contributed by atoms with Gasteiger partial charge in [0.1, 0.15) is 0 Å². The first-order valence-corrected chi connectivity index (χ1v) is 20.5. The smallest absolute Gasteiger partial charge is 0.0864 e. The van der Waals surface area contributed by atoms with E-state index < -0.39 is 0 Å². The minimum absolute atomic E-state index is 0. The Hall–Kier alpha value is -1.33. The zero-order valence-electron chi connectivity index (χ0n) is 31.9. The van der Waals surface area contributed by atoms with Gasteiger partial charge in [-0.3, -0.25) is 9.98 Å². The van der Waals surface area contributed by atoms with Crippen LogP contribution in [0.4, 0.5) is 11.4 Å². The van der Waals surface area contributed by atoms with Crippen LogP contribution in [-0.2, 0) is 18.6 Å². The molecule has 289 valence electrons. The molecule has 1 aromatic heterocycles. The molecule has 8 heteroatoms.